The average molecular weight is 411 g/mol. The van der Waals surface area contributed by atoms with E-state index in [0.29, 0.717) is 13.1 Å². The van der Waals surface area contributed by atoms with E-state index in [9.17, 15) is 4.79 Å². The van der Waals surface area contributed by atoms with Crippen molar-refractivity contribution >= 4 is 11.9 Å². The van der Waals surface area contributed by atoms with Crippen LogP contribution in [0.1, 0.15) is 49.6 Å². The molecule has 1 fully saturated rings. The molecule has 0 aliphatic heterocycles. The molecule has 3 N–H and O–H groups in total. The summed E-state index contributed by atoms with van der Waals surface area (Å²) in [6.07, 6.45) is 4.14. The molecule has 1 amide bonds. The minimum absolute atomic E-state index is 0.211. The van der Waals surface area contributed by atoms with Crippen molar-refractivity contribution < 1.29 is 4.79 Å². The molecule has 1 heterocycles. The molecule has 162 valence electrons. The lowest BCUT2D eigenvalue weighted by molar-refractivity contribution is -0.127. The number of aryl methyl sites for hydroxylation is 2. The number of aromatic nitrogens is 2. The summed E-state index contributed by atoms with van der Waals surface area (Å²) in [6, 6.07) is 10.3. The summed E-state index contributed by atoms with van der Waals surface area (Å²) < 4.78 is 1.98. The lowest BCUT2D eigenvalue weighted by atomic mass is 9.85. The van der Waals surface area contributed by atoms with E-state index in [1.54, 1.807) is 0 Å². The van der Waals surface area contributed by atoms with Crippen molar-refractivity contribution in [3.05, 3.63) is 47.3 Å². The number of hydrogen-bond donors (Lipinski definition) is 3. The third-order valence-electron chi connectivity index (χ3n) is 5.40. The Bertz CT molecular complexity index is 868. The molecular formula is C23H34N6O. The van der Waals surface area contributed by atoms with Gasteiger partial charge in [-0.15, -0.1) is 0 Å². The molecule has 1 aliphatic carbocycles. The minimum Gasteiger partial charge on any atom is -0.357 e. The number of rotatable bonds is 9. The Labute approximate surface area is 179 Å². The van der Waals surface area contributed by atoms with E-state index in [1.165, 1.54) is 6.42 Å². The minimum atomic E-state index is 0.211. The lowest BCUT2D eigenvalue weighted by Gasteiger charge is -2.24. The number of amides is 1. The Balaban J connectivity index is 1.54. The lowest BCUT2D eigenvalue weighted by Crippen LogP contribution is -2.39. The fourth-order valence-electron chi connectivity index (χ4n) is 3.55. The Hall–Kier alpha value is -2.83. The van der Waals surface area contributed by atoms with Gasteiger partial charge < -0.3 is 16.0 Å². The van der Waals surface area contributed by atoms with Crippen LogP contribution >= 0.6 is 0 Å². The Morgan fingerprint density at radius 1 is 1.17 bits per heavy atom. The molecular weight excluding hydrogens is 376 g/mol. The van der Waals surface area contributed by atoms with Gasteiger partial charge in [0.1, 0.15) is 0 Å². The van der Waals surface area contributed by atoms with Crippen LogP contribution in [0.5, 0.6) is 0 Å². The Morgan fingerprint density at radius 2 is 1.93 bits per heavy atom. The van der Waals surface area contributed by atoms with Gasteiger partial charge in [-0.2, -0.15) is 5.10 Å². The quantitative estimate of drug-likeness (QED) is 0.337. The van der Waals surface area contributed by atoms with E-state index in [1.807, 2.05) is 23.7 Å². The largest absolute Gasteiger partial charge is 0.357 e. The van der Waals surface area contributed by atoms with E-state index in [2.05, 4.69) is 53.1 Å². The summed E-state index contributed by atoms with van der Waals surface area (Å²) in [5.41, 5.74) is 4.29. The first kappa shape index (κ1) is 21.9. The molecule has 3 rings (SSSR count). The molecule has 0 radical (unpaired) electrons. The highest BCUT2D eigenvalue weighted by molar-refractivity contribution is 5.80. The number of carbonyl (C=O) groups excluding carboxylic acids is 1. The van der Waals surface area contributed by atoms with Crippen LogP contribution in [0.25, 0.3) is 5.69 Å². The zero-order chi connectivity index (χ0) is 21.3. The molecule has 7 nitrogen and oxygen atoms in total. The first-order valence-corrected chi connectivity index (χ1v) is 11.0. The van der Waals surface area contributed by atoms with Crippen molar-refractivity contribution in [2.45, 2.75) is 53.0 Å². The summed E-state index contributed by atoms with van der Waals surface area (Å²) in [5.74, 6) is 1.24. The molecule has 0 unspecified atom stereocenters. The van der Waals surface area contributed by atoms with Crippen LogP contribution in [0.15, 0.2) is 35.3 Å². The van der Waals surface area contributed by atoms with E-state index in [0.717, 1.165) is 61.0 Å². The van der Waals surface area contributed by atoms with Crippen LogP contribution in [0.4, 0.5) is 0 Å². The van der Waals surface area contributed by atoms with Crippen molar-refractivity contribution in [2.24, 2.45) is 10.9 Å². The van der Waals surface area contributed by atoms with Gasteiger partial charge in [0, 0.05) is 31.2 Å². The summed E-state index contributed by atoms with van der Waals surface area (Å²) in [4.78, 5) is 16.6. The number of nitrogens with one attached hydrogen (secondary N) is 3. The second-order valence-corrected chi connectivity index (χ2v) is 7.86. The second-order valence-electron chi connectivity index (χ2n) is 7.86. The molecule has 0 bridgehead atoms. The highest BCUT2D eigenvalue weighted by atomic mass is 16.1. The zero-order valence-corrected chi connectivity index (χ0v) is 18.4. The van der Waals surface area contributed by atoms with Gasteiger partial charge >= 0.3 is 0 Å². The van der Waals surface area contributed by atoms with Gasteiger partial charge in [0.15, 0.2) is 5.96 Å². The number of benzene rings is 1. The van der Waals surface area contributed by atoms with Crippen molar-refractivity contribution in [3.63, 3.8) is 0 Å². The molecule has 0 saturated heterocycles. The van der Waals surface area contributed by atoms with Gasteiger partial charge in [-0.05, 0) is 57.7 Å². The highest BCUT2D eigenvalue weighted by Crippen LogP contribution is 2.26. The number of guanidine groups is 1. The van der Waals surface area contributed by atoms with Crippen LogP contribution in [0.3, 0.4) is 0 Å². The predicted molar refractivity (Wildman–Crippen MR) is 121 cm³/mol. The van der Waals surface area contributed by atoms with Crippen LogP contribution in [-0.4, -0.2) is 41.3 Å². The molecule has 1 aromatic heterocycles. The molecule has 7 heteroatoms. The molecule has 1 aromatic carbocycles. The van der Waals surface area contributed by atoms with Gasteiger partial charge in [0.25, 0.3) is 0 Å². The third kappa shape index (κ3) is 5.84. The predicted octanol–water partition coefficient (Wildman–Crippen LogP) is 2.85. The molecule has 0 spiro atoms. The monoisotopic (exact) mass is 410 g/mol. The van der Waals surface area contributed by atoms with Crippen LogP contribution in [0, 0.1) is 19.8 Å². The SMILES string of the molecule is CCNC(=NCc1ccccc1-n1nc(C)cc1C)NCCCNC(=O)C1CCC1. The van der Waals surface area contributed by atoms with Crippen molar-refractivity contribution in [3.8, 4) is 5.69 Å². The van der Waals surface area contributed by atoms with Gasteiger partial charge in [-0.25, -0.2) is 9.67 Å². The number of aliphatic imine (C=N–C) groups is 1. The maximum absolute atomic E-state index is 11.9. The van der Waals surface area contributed by atoms with E-state index in [-0.39, 0.29) is 11.8 Å². The second kappa shape index (κ2) is 10.8. The van der Waals surface area contributed by atoms with Crippen molar-refractivity contribution in [1.29, 1.82) is 0 Å². The normalized spacial score (nSPS) is 14.3. The number of hydrogen-bond acceptors (Lipinski definition) is 3. The Kier molecular flexibility index (Phi) is 7.88. The number of para-hydroxylation sites is 1. The molecule has 30 heavy (non-hydrogen) atoms. The van der Waals surface area contributed by atoms with Gasteiger partial charge in [-0.1, -0.05) is 24.6 Å². The molecule has 0 atom stereocenters. The summed E-state index contributed by atoms with van der Waals surface area (Å²) in [6.45, 7) is 8.94. The standard InChI is InChI=1S/C23H34N6O/c1-4-24-23(26-14-8-13-25-22(30)19-10-7-11-19)27-16-20-9-5-6-12-21(20)29-18(3)15-17(2)28-29/h5-6,9,12,15,19H,4,7-8,10-11,13-14,16H2,1-3H3,(H,25,30)(H2,24,26,27). The molecule has 1 aliphatic rings. The molecule has 2 aromatic rings. The van der Waals surface area contributed by atoms with Crippen LogP contribution < -0.4 is 16.0 Å². The maximum atomic E-state index is 11.9. The summed E-state index contributed by atoms with van der Waals surface area (Å²) >= 11 is 0. The topological polar surface area (TPSA) is 83.3 Å². The first-order valence-electron chi connectivity index (χ1n) is 11.0. The van der Waals surface area contributed by atoms with E-state index in [4.69, 9.17) is 4.99 Å². The van der Waals surface area contributed by atoms with Crippen LogP contribution in [0.2, 0.25) is 0 Å². The fourth-order valence-corrected chi connectivity index (χ4v) is 3.55. The highest BCUT2D eigenvalue weighted by Gasteiger charge is 2.24. The number of nitrogens with zero attached hydrogens (tertiary/aromatic N) is 3. The maximum Gasteiger partial charge on any atom is 0.223 e. The Morgan fingerprint density at radius 3 is 2.60 bits per heavy atom. The zero-order valence-electron chi connectivity index (χ0n) is 18.4. The van der Waals surface area contributed by atoms with Gasteiger partial charge in [0.05, 0.1) is 17.9 Å². The van der Waals surface area contributed by atoms with E-state index < -0.39 is 0 Å². The third-order valence-corrected chi connectivity index (χ3v) is 5.40. The van der Waals surface area contributed by atoms with Crippen LogP contribution in [-0.2, 0) is 11.3 Å². The summed E-state index contributed by atoms with van der Waals surface area (Å²) in [5, 5.41) is 14.3. The fraction of sp³-hybridized carbons (Fsp3) is 0.522. The molecule has 1 saturated carbocycles. The van der Waals surface area contributed by atoms with Crippen molar-refractivity contribution in [2.75, 3.05) is 19.6 Å². The first-order chi connectivity index (χ1) is 14.6. The van der Waals surface area contributed by atoms with Crippen molar-refractivity contribution in [1.82, 2.24) is 25.7 Å². The van der Waals surface area contributed by atoms with Gasteiger partial charge in [0.2, 0.25) is 5.91 Å². The number of carbonyl (C=O) groups is 1. The smallest absolute Gasteiger partial charge is 0.223 e. The van der Waals surface area contributed by atoms with E-state index >= 15 is 0 Å². The average Bonchev–Trinajstić information content (AvgIpc) is 3.02. The van der Waals surface area contributed by atoms with Gasteiger partial charge in [-0.3, -0.25) is 4.79 Å². The summed E-state index contributed by atoms with van der Waals surface area (Å²) in [7, 11) is 0.